The molecule has 0 aliphatic heterocycles. The Bertz CT molecular complexity index is 632. The molecule has 1 aromatic carbocycles. The molecule has 0 bridgehead atoms. The Morgan fingerprint density at radius 1 is 1.38 bits per heavy atom. The average Bonchev–Trinajstić information content (AvgIpc) is 2.29. The van der Waals surface area contributed by atoms with Crippen molar-refractivity contribution in [2.75, 3.05) is 0 Å². The standard InChI is InChI=1S/C9H7N3O4/c13-10-8-3-4-11(14)9-5-6(12(15)16)1-2-7(8)9/h1-5,13-14H/b10-8-. The van der Waals surface area contributed by atoms with Gasteiger partial charge in [0.1, 0.15) is 5.36 Å². The van der Waals surface area contributed by atoms with Crippen molar-refractivity contribution < 1.29 is 15.3 Å². The summed E-state index contributed by atoms with van der Waals surface area (Å²) in [6.07, 6.45) is 1.24. The largest absolute Gasteiger partial charge is 0.428 e. The fraction of sp³-hybridized carbons (Fsp3) is 0. The highest BCUT2D eigenvalue weighted by molar-refractivity contribution is 5.80. The van der Waals surface area contributed by atoms with Gasteiger partial charge in [0.25, 0.3) is 5.69 Å². The number of nitrogens with zero attached hydrogens (tertiary/aromatic N) is 3. The Labute approximate surface area is 88.6 Å². The highest BCUT2D eigenvalue weighted by Crippen LogP contribution is 2.17. The van der Waals surface area contributed by atoms with Crippen molar-refractivity contribution in [3.8, 4) is 0 Å². The lowest BCUT2D eigenvalue weighted by Gasteiger charge is -2.03. The van der Waals surface area contributed by atoms with Gasteiger partial charge in [-0.15, -0.1) is 0 Å². The topological polar surface area (TPSA) is 101 Å². The molecule has 0 saturated carbocycles. The summed E-state index contributed by atoms with van der Waals surface area (Å²) < 4.78 is 0.733. The summed E-state index contributed by atoms with van der Waals surface area (Å²) in [5.74, 6) is 0. The van der Waals surface area contributed by atoms with E-state index in [0.29, 0.717) is 5.39 Å². The normalized spacial score (nSPS) is 11.9. The zero-order valence-electron chi connectivity index (χ0n) is 7.94. The molecule has 0 spiro atoms. The number of nitro benzene ring substituents is 1. The first-order valence-electron chi connectivity index (χ1n) is 4.30. The van der Waals surface area contributed by atoms with Gasteiger partial charge in [0, 0.05) is 23.7 Å². The molecule has 0 radical (unpaired) electrons. The van der Waals surface area contributed by atoms with Crippen LogP contribution in [0.3, 0.4) is 0 Å². The van der Waals surface area contributed by atoms with Crippen molar-refractivity contribution in [3.05, 3.63) is 45.9 Å². The number of pyridine rings is 1. The minimum absolute atomic E-state index is 0.148. The number of nitro groups is 1. The van der Waals surface area contributed by atoms with Crippen LogP contribution in [-0.4, -0.2) is 20.1 Å². The van der Waals surface area contributed by atoms with Gasteiger partial charge in [0.05, 0.1) is 10.4 Å². The summed E-state index contributed by atoms with van der Waals surface area (Å²) in [4.78, 5) is 9.98. The minimum Gasteiger partial charge on any atom is -0.428 e. The molecular weight excluding hydrogens is 214 g/mol. The Morgan fingerprint density at radius 2 is 2.12 bits per heavy atom. The van der Waals surface area contributed by atoms with Crippen molar-refractivity contribution in [2.24, 2.45) is 5.16 Å². The first kappa shape index (κ1) is 9.97. The van der Waals surface area contributed by atoms with Gasteiger partial charge < -0.3 is 10.4 Å². The van der Waals surface area contributed by atoms with Crippen LogP contribution in [0.1, 0.15) is 0 Å². The molecule has 1 heterocycles. The Kier molecular flexibility index (Phi) is 2.20. The predicted octanol–water partition coefficient (Wildman–Crippen LogP) is 1.08. The number of fused-ring (bicyclic) bond motifs is 1. The van der Waals surface area contributed by atoms with E-state index in [1.54, 1.807) is 0 Å². The maximum atomic E-state index is 10.6. The summed E-state index contributed by atoms with van der Waals surface area (Å²) in [6.45, 7) is 0. The quantitative estimate of drug-likeness (QED) is 0.325. The zero-order chi connectivity index (χ0) is 11.7. The minimum atomic E-state index is -0.567. The Balaban J connectivity index is 2.89. The van der Waals surface area contributed by atoms with Gasteiger partial charge >= 0.3 is 0 Å². The van der Waals surface area contributed by atoms with E-state index in [-0.39, 0.29) is 16.6 Å². The second-order valence-corrected chi connectivity index (χ2v) is 3.10. The van der Waals surface area contributed by atoms with E-state index in [0.717, 1.165) is 4.73 Å². The molecule has 2 rings (SSSR count). The lowest BCUT2D eigenvalue weighted by atomic mass is 10.2. The highest BCUT2D eigenvalue weighted by atomic mass is 16.6. The number of aromatic nitrogens is 1. The van der Waals surface area contributed by atoms with E-state index in [1.165, 1.54) is 30.5 Å². The molecule has 7 nitrogen and oxygen atoms in total. The fourth-order valence-electron chi connectivity index (χ4n) is 1.44. The van der Waals surface area contributed by atoms with Crippen molar-refractivity contribution in [1.82, 2.24) is 4.73 Å². The third kappa shape index (κ3) is 1.44. The van der Waals surface area contributed by atoms with Crippen LogP contribution >= 0.6 is 0 Å². The molecule has 2 N–H and O–H groups in total. The molecular formula is C9H7N3O4. The van der Waals surface area contributed by atoms with Crippen LogP contribution in [0.15, 0.2) is 35.6 Å². The summed E-state index contributed by atoms with van der Waals surface area (Å²) in [7, 11) is 0. The molecule has 0 amide bonds. The number of benzene rings is 1. The van der Waals surface area contributed by atoms with Gasteiger partial charge in [-0.1, -0.05) is 5.16 Å². The summed E-state index contributed by atoms with van der Waals surface area (Å²) in [5, 5.41) is 32.4. The first-order valence-corrected chi connectivity index (χ1v) is 4.30. The molecule has 2 aromatic rings. The van der Waals surface area contributed by atoms with Crippen molar-refractivity contribution in [3.63, 3.8) is 0 Å². The lowest BCUT2D eigenvalue weighted by Crippen LogP contribution is -2.07. The molecule has 82 valence electrons. The maximum Gasteiger partial charge on any atom is 0.271 e. The van der Waals surface area contributed by atoms with Crippen molar-refractivity contribution >= 4 is 16.6 Å². The molecule has 0 fully saturated rings. The third-order valence-corrected chi connectivity index (χ3v) is 2.20. The van der Waals surface area contributed by atoms with Gasteiger partial charge in [-0.05, 0) is 12.1 Å². The number of non-ortho nitro benzene ring substituents is 1. The van der Waals surface area contributed by atoms with Gasteiger partial charge in [-0.2, -0.15) is 4.73 Å². The molecule has 0 atom stereocenters. The van der Waals surface area contributed by atoms with E-state index in [1.807, 2.05) is 0 Å². The SMILES string of the molecule is O=[N+]([O-])c1ccc2/c(=N\O)ccn(O)c2c1. The maximum absolute atomic E-state index is 10.6. The number of rotatable bonds is 1. The third-order valence-electron chi connectivity index (χ3n) is 2.20. The van der Waals surface area contributed by atoms with Gasteiger partial charge in [-0.25, -0.2) is 0 Å². The molecule has 0 unspecified atom stereocenters. The van der Waals surface area contributed by atoms with Crippen molar-refractivity contribution in [1.29, 1.82) is 0 Å². The van der Waals surface area contributed by atoms with Crippen LogP contribution in [0, 0.1) is 10.1 Å². The predicted molar refractivity (Wildman–Crippen MR) is 53.1 cm³/mol. The van der Waals surface area contributed by atoms with E-state index in [4.69, 9.17) is 5.21 Å². The molecule has 7 heteroatoms. The Morgan fingerprint density at radius 3 is 2.75 bits per heavy atom. The number of hydrogen-bond donors (Lipinski definition) is 2. The summed E-state index contributed by atoms with van der Waals surface area (Å²) >= 11 is 0. The second kappa shape index (κ2) is 3.54. The van der Waals surface area contributed by atoms with E-state index in [9.17, 15) is 15.3 Å². The van der Waals surface area contributed by atoms with E-state index >= 15 is 0 Å². The average molecular weight is 221 g/mol. The number of hydrogen-bond acceptors (Lipinski definition) is 5. The van der Waals surface area contributed by atoms with Crippen molar-refractivity contribution in [2.45, 2.75) is 0 Å². The van der Waals surface area contributed by atoms with Crippen LogP contribution < -0.4 is 5.36 Å². The van der Waals surface area contributed by atoms with Crippen LogP contribution in [0.2, 0.25) is 0 Å². The second-order valence-electron chi connectivity index (χ2n) is 3.10. The summed E-state index contributed by atoms with van der Waals surface area (Å²) in [5.41, 5.74) is 0.0508. The van der Waals surface area contributed by atoms with Gasteiger partial charge in [-0.3, -0.25) is 10.1 Å². The van der Waals surface area contributed by atoms with Crippen LogP contribution in [0.25, 0.3) is 10.9 Å². The zero-order valence-corrected chi connectivity index (χ0v) is 7.94. The monoisotopic (exact) mass is 221 g/mol. The van der Waals surface area contributed by atoms with Crippen LogP contribution in [-0.2, 0) is 0 Å². The smallest absolute Gasteiger partial charge is 0.271 e. The Hall–Kier alpha value is -2.57. The highest BCUT2D eigenvalue weighted by Gasteiger charge is 2.09. The van der Waals surface area contributed by atoms with E-state index in [2.05, 4.69) is 5.16 Å². The molecule has 0 aliphatic carbocycles. The molecule has 0 aliphatic rings. The molecule has 16 heavy (non-hydrogen) atoms. The van der Waals surface area contributed by atoms with Gasteiger partial charge in [0.2, 0.25) is 0 Å². The fourth-order valence-corrected chi connectivity index (χ4v) is 1.44. The van der Waals surface area contributed by atoms with E-state index < -0.39 is 4.92 Å². The van der Waals surface area contributed by atoms with Gasteiger partial charge in [0.15, 0.2) is 0 Å². The first-order chi connectivity index (χ1) is 7.63. The summed E-state index contributed by atoms with van der Waals surface area (Å²) in [6, 6.07) is 5.27. The lowest BCUT2D eigenvalue weighted by molar-refractivity contribution is -0.384. The molecule has 1 aromatic heterocycles. The van der Waals surface area contributed by atoms with Crippen LogP contribution in [0.4, 0.5) is 5.69 Å². The van der Waals surface area contributed by atoms with Crippen LogP contribution in [0.5, 0.6) is 0 Å². The molecule has 0 saturated heterocycles.